The van der Waals surface area contributed by atoms with Crippen LogP contribution in [0, 0.1) is 6.92 Å². The summed E-state index contributed by atoms with van der Waals surface area (Å²) in [6, 6.07) is 9.04. The molecule has 0 atom stereocenters. The maximum absolute atomic E-state index is 13.1. The Hall–Kier alpha value is -2.19. The molecule has 0 spiro atoms. The molecule has 9 heteroatoms. The number of hydrogen-bond acceptors (Lipinski definition) is 3. The van der Waals surface area contributed by atoms with Gasteiger partial charge in [0.2, 0.25) is 5.91 Å². The minimum absolute atomic E-state index is 0.110. The molecule has 1 amide bonds. The zero-order valence-electron chi connectivity index (χ0n) is 13.4. The van der Waals surface area contributed by atoms with E-state index in [0.717, 1.165) is 34.4 Å². The third-order valence-electron chi connectivity index (χ3n) is 3.54. The van der Waals surface area contributed by atoms with E-state index in [9.17, 15) is 18.0 Å². The molecule has 0 aliphatic rings. The smallest absolute Gasteiger partial charge is 0.333 e. The fraction of sp³-hybridized carbons (Fsp3) is 0.176. The molecule has 26 heavy (non-hydrogen) atoms. The van der Waals surface area contributed by atoms with E-state index in [-0.39, 0.29) is 10.8 Å². The highest BCUT2D eigenvalue weighted by Crippen LogP contribution is 2.38. The molecule has 0 saturated carbocycles. The number of para-hydroxylation sites is 1. The first-order valence-corrected chi connectivity index (χ1v) is 8.85. The number of nitrogens with one attached hydrogen (secondary N) is 2. The van der Waals surface area contributed by atoms with Crippen LogP contribution in [0.4, 0.5) is 18.9 Å². The molecule has 4 nitrogen and oxygen atoms in total. The van der Waals surface area contributed by atoms with E-state index in [1.165, 1.54) is 12.1 Å². The van der Waals surface area contributed by atoms with Gasteiger partial charge in [-0.2, -0.15) is 13.2 Å². The highest BCUT2D eigenvalue weighted by molar-refractivity contribution is 7.99. The first kappa shape index (κ1) is 18.6. The van der Waals surface area contributed by atoms with Gasteiger partial charge in [-0.25, -0.2) is 4.98 Å². The summed E-state index contributed by atoms with van der Waals surface area (Å²) < 4.78 is 39.2. The van der Waals surface area contributed by atoms with Crippen LogP contribution in [0.5, 0.6) is 0 Å². The number of hydrogen-bond donors (Lipinski definition) is 2. The normalized spacial score (nSPS) is 11.7. The third kappa shape index (κ3) is 4.13. The molecular weight excluding hydrogens is 387 g/mol. The third-order valence-corrected chi connectivity index (χ3v) is 4.73. The van der Waals surface area contributed by atoms with Crippen LogP contribution in [0.1, 0.15) is 11.1 Å². The lowest BCUT2D eigenvalue weighted by Gasteiger charge is -2.14. The number of fused-ring (bicyclic) bond motifs is 1. The van der Waals surface area contributed by atoms with Gasteiger partial charge in [0.1, 0.15) is 0 Å². The topological polar surface area (TPSA) is 57.8 Å². The van der Waals surface area contributed by atoms with Crippen LogP contribution in [-0.4, -0.2) is 21.6 Å². The van der Waals surface area contributed by atoms with Crippen molar-refractivity contribution in [1.82, 2.24) is 9.97 Å². The maximum Gasteiger partial charge on any atom is 0.418 e. The number of aryl methyl sites for hydroxylation is 1. The van der Waals surface area contributed by atoms with Crippen LogP contribution >= 0.6 is 23.4 Å². The number of alkyl halides is 3. The number of carbonyl (C=O) groups is 1. The fourth-order valence-corrected chi connectivity index (χ4v) is 3.27. The van der Waals surface area contributed by atoms with Crippen LogP contribution < -0.4 is 5.32 Å². The van der Waals surface area contributed by atoms with Gasteiger partial charge in [0.05, 0.1) is 33.1 Å². The average Bonchev–Trinajstić information content (AvgIpc) is 2.95. The summed E-state index contributed by atoms with van der Waals surface area (Å²) in [6.07, 6.45) is -4.61. The zero-order valence-corrected chi connectivity index (χ0v) is 15.0. The molecule has 2 aromatic carbocycles. The van der Waals surface area contributed by atoms with Crippen molar-refractivity contribution >= 4 is 46.0 Å². The number of benzene rings is 2. The number of anilines is 1. The lowest BCUT2D eigenvalue weighted by Crippen LogP contribution is -2.18. The first-order valence-electron chi connectivity index (χ1n) is 7.49. The van der Waals surface area contributed by atoms with Crippen molar-refractivity contribution in [3.63, 3.8) is 0 Å². The van der Waals surface area contributed by atoms with Gasteiger partial charge < -0.3 is 10.3 Å². The molecule has 0 bridgehead atoms. The summed E-state index contributed by atoms with van der Waals surface area (Å²) in [4.78, 5) is 19.5. The zero-order chi connectivity index (χ0) is 18.9. The summed E-state index contributed by atoms with van der Waals surface area (Å²) in [5.74, 6) is -0.716. The monoisotopic (exact) mass is 399 g/mol. The van der Waals surface area contributed by atoms with Crippen LogP contribution in [-0.2, 0) is 11.0 Å². The van der Waals surface area contributed by atoms with E-state index in [4.69, 9.17) is 11.6 Å². The van der Waals surface area contributed by atoms with Crippen LogP contribution in [0.25, 0.3) is 11.0 Å². The van der Waals surface area contributed by atoms with E-state index in [0.29, 0.717) is 5.16 Å². The Morgan fingerprint density at radius 1 is 1.31 bits per heavy atom. The molecule has 0 aliphatic heterocycles. The molecule has 1 heterocycles. The number of nitrogens with zero attached hydrogens (tertiary/aromatic N) is 1. The number of amides is 1. The quantitative estimate of drug-likeness (QED) is 0.587. The van der Waals surface area contributed by atoms with Crippen molar-refractivity contribution in [3.05, 3.63) is 52.5 Å². The van der Waals surface area contributed by atoms with Crippen molar-refractivity contribution in [1.29, 1.82) is 0 Å². The van der Waals surface area contributed by atoms with Crippen molar-refractivity contribution in [2.75, 3.05) is 11.1 Å². The first-order chi connectivity index (χ1) is 12.2. The highest BCUT2D eigenvalue weighted by atomic mass is 35.5. The summed E-state index contributed by atoms with van der Waals surface area (Å²) in [6.45, 7) is 1.95. The molecule has 0 fully saturated rings. The SMILES string of the molecule is Cc1ccc2nc(SCC(=O)Nc3c(Cl)cccc3C(F)(F)F)[nH]c2c1. The van der Waals surface area contributed by atoms with Crippen molar-refractivity contribution < 1.29 is 18.0 Å². The van der Waals surface area contributed by atoms with Gasteiger partial charge in [0, 0.05) is 0 Å². The summed E-state index contributed by atoms with van der Waals surface area (Å²) >= 11 is 6.92. The van der Waals surface area contributed by atoms with Gasteiger partial charge in [-0.15, -0.1) is 0 Å². The Balaban J connectivity index is 1.71. The van der Waals surface area contributed by atoms with Crippen LogP contribution in [0.2, 0.25) is 5.02 Å². The van der Waals surface area contributed by atoms with E-state index < -0.39 is 23.3 Å². The average molecular weight is 400 g/mol. The fourth-order valence-electron chi connectivity index (χ4n) is 2.37. The molecule has 136 valence electrons. The molecule has 1 aromatic heterocycles. The van der Waals surface area contributed by atoms with Crippen molar-refractivity contribution in [2.24, 2.45) is 0 Å². The molecule has 0 aliphatic carbocycles. The Labute approximate surface area is 156 Å². The van der Waals surface area contributed by atoms with E-state index in [1.54, 1.807) is 0 Å². The van der Waals surface area contributed by atoms with Crippen LogP contribution in [0.15, 0.2) is 41.6 Å². The standard InChI is InChI=1S/C17H13ClF3N3OS/c1-9-5-6-12-13(7-9)23-16(22-12)26-8-14(25)24-15-10(17(19,20)21)3-2-4-11(15)18/h2-7H,8H2,1H3,(H,22,23)(H,24,25). The van der Waals surface area contributed by atoms with E-state index in [2.05, 4.69) is 15.3 Å². The highest BCUT2D eigenvalue weighted by Gasteiger charge is 2.34. The van der Waals surface area contributed by atoms with Crippen molar-refractivity contribution in [2.45, 2.75) is 18.3 Å². The van der Waals surface area contributed by atoms with Crippen LogP contribution in [0.3, 0.4) is 0 Å². The Morgan fingerprint density at radius 3 is 2.81 bits per heavy atom. The second-order valence-electron chi connectivity index (χ2n) is 5.56. The van der Waals surface area contributed by atoms with E-state index >= 15 is 0 Å². The molecular formula is C17H13ClF3N3OS. The van der Waals surface area contributed by atoms with E-state index in [1.807, 2.05) is 25.1 Å². The lowest BCUT2D eigenvalue weighted by molar-refractivity contribution is -0.137. The number of halogens is 4. The van der Waals surface area contributed by atoms with Gasteiger partial charge in [0.25, 0.3) is 0 Å². The molecule has 3 rings (SSSR count). The number of imidazole rings is 1. The Morgan fingerprint density at radius 2 is 2.08 bits per heavy atom. The number of H-pyrrole nitrogens is 1. The van der Waals surface area contributed by atoms with Gasteiger partial charge in [0.15, 0.2) is 5.16 Å². The number of thioether (sulfide) groups is 1. The molecule has 2 N–H and O–H groups in total. The second kappa shape index (κ2) is 7.20. The number of carbonyl (C=O) groups excluding carboxylic acids is 1. The van der Waals surface area contributed by atoms with Gasteiger partial charge >= 0.3 is 6.18 Å². The molecule has 0 saturated heterocycles. The van der Waals surface area contributed by atoms with Gasteiger partial charge in [-0.1, -0.05) is 35.5 Å². The Kier molecular flexibility index (Phi) is 5.15. The number of aromatic amines is 1. The largest absolute Gasteiger partial charge is 0.418 e. The molecule has 3 aromatic rings. The summed E-state index contributed by atoms with van der Waals surface area (Å²) in [5.41, 5.74) is 1.23. The molecule has 0 unspecified atom stereocenters. The van der Waals surface area contributed by atoms with Gasteiger partial charge in [-0.3, -0.25) is 4.79 Å². The number of aromatic nitrogens is 2. The lowest BCUT2D eigenvalue weighted by atomic mass is 10.1. The predicted molar refractivity (Wildman–Crippen MR) is 96.6 cm³/mol. The second-order valence-corrected chi connectivity index (χ2v) is 6.93. The minimum Gasteiger partial charge on any atom is -0.333 e. The Bertz CT molecular complexity index is 972. The predicted octanol–water partition coefficient (Wildman–Crippen LogP) is 5.27. The summed E-state index contributed by atoms with van der Waals surface area (Å²) in [7, 11) is 0. The summed E-state index contributed by atoms with van der Waals surface area (Å²) in [5, 5.41) is 2.59. The minimum atomic E-state index is -4.61. The molecule has 0 radical (unpaired) electrons. The van der Waals surface area contributed by atoms with Crippen molar-refractivity contribution in [3.8, 4) is 0 Å². The maximum atomic E-state index is 13.1. The van der Waals surface area contributed by atoms with Gasteiger partial charge in [-0.05, 0) is 36.8 Å². The number of rotatable bonds is 4.